The van der Waals surface area contributed by atoms with Crippen LogP contribution in [-0.2, 0) is 0 Å². The Hall–Kier alpha value is -1.47. The van der Waals surface area contributed by atoms with E-state index in [-0.39, 0.29) is 17.0 Å². The van der Waals surface area contributed by atoms with Gasteiger partial charge in [-0.1, -0.05) is 24.2 Å². The summed E-state index contributed by atoms with van der Waals surface area (Å²) in [6.45, 7) is 0. The predicted molar refractivity (Wildman–Crippen MR) is 71.3 cm³/mol. The standard InChI is InChI=1S/C12H16N2O4S/c1-13(8-4-2-3-5-9(8)15)12(16)10-6-7-11(19-10)14(17)18/h6-9,15H,2-5H2,1H3. The first-order valence-corrected chi connectivity index (χ1v) is 7.02. The van der Waals surface area contributed by atoms with E-state index in [2.05, 4.69) is 0 Å². The van der Waals surface area contributed by atoms with Crippen LogP contribution in [0.1, 0.15) is 35.4 Å². The molecule has 0 saturated heterocycles. The number of nitro groups is 1. The van der Waals surface area contributed by atoms with Gasteiger partial charge in [-0.25, -0.2) is 0 Å². The molecule has 2 unspecified atom stereocenters. The van der Waals surface area contributed by atoms with Gasteiger partial charge in [-0.2, -0.15) is 0 Å². The number of carbonyl (C=O) groups is 1. The molecule has 2 rings (SSSR count). The molecule has 0 spiro atoms. The van der Waals surface area contributed by atoms with Crippen molar-refractivity contribution in [2.75, 3.05) is 7.05 Å². The summed E-state index contributed by atoms with van der Waals surface area (Å²) in [4.78, 5) is 24.2. The fourth-order valence-corrected chi connectivity index (χ4v) is 3.21. The van der Waals surface area contributed by atoms with E-state index < -0.39 is 11.0 Å². The number of amides is 1. The van der Waals surface area contributed by atoms with Gasteiger partial charge < -0.3 is 10.0 Å². The van der Waals surface area contributed by atoms with Gasteiger partial charge in [0.2, 0.25) is 0 Å². The number of nitrogens with zero attached hydrogens (tertiary/aromatic N) is 2. The molecule has 1 saturated carbocycles. The summed E-state index contributed by atoms with van der Waals surface area (Å²) in [5, 5.41) is 20.5. The second kappa shape index (κ2) is 5.66. The van der Waals surface area contributed by atoms with Gasteiger partial charge in [-0.05, 0) is 18.9 Å². The van der Waals surface area contributed by atoms with Crippen molar-refractivity contribution in [1.29, 1.82) is 0 Å². The third kappa shape index (κ3) is 2.93. The van der Waals surface area contributed by atoms with Gasteiger partial charge in [0.25, 0.3) is 5.91 Å². The number of hydrogen-bond donors (Lipinski definition) is 1. The number of carbonyl (C=O) groups excluding carboxylic acids is 1. The van der Waals surface area contributed by atoms with Crippen molar-refractivity contribution >= 4 is 22.2 Å². The molecular weight excluding hydrogens is 268 g/mol. The van der Waals surface area contributed by atoms with E-state index in [9.17, 15) is 20.0 Å². The maximum atomic E-state index is 12.2. The number of aliphatic hydroxyl groups excluding tert-OH is 1. The number of likely N-dealkylation sites (N-methyl/N-ethyl adjacent to an activating group) is 1. The average Bonchev–Trinajstić information content (AvgIpc) is 2.87. The summed E-state index contributed by atoms with van der Waals surface area (Å²) < 4.78 is 0. The fourth-order valence-electron chi connectivity index (χ4n) is 2.41. The summed E-state index contributed by atoms with van der Waals surface area (Å²) >= 11 is 0.871. The van der Waals surface area contributed by atoms with E-state index in [0.717, 1.165) is 30.6 Å². The number of rotatable bonds is 3. The highest BCUT2D eigenvalue weighted by atomic mass is 32.1. The normalized spacial score (nSPS) is 23.1. The minimum atomic E-state index is -0.503. The first kappa shape index (κ1) is 14.0. The van der Waals surface area contributed by atoms with Gasteiger partial charge in [0.15, 0.2) is 0 Å². The van der Waals surface area contributed by atoms with Crippen LogP contribution in [0.15, 0.2) is 12.1 Å². The first-order valence-electron chi connectivity index (χ1n) is 6.20. The lowest BCUT2D eigenvalue weighted by Crippen LogP contribution is -2.46. The van der Waals surface area contributed by atoms with Crippen molar-refractivity contribution in [1.82, 2.24) is 4.90 Å². The average molecular weight is 284 g/mol. The predicted octanol–water partition coefficient (Wildman–Crippen LogP) is 2.03. The third-order valence-electron chi connectivity index (χ3n) is 3.49. The Kier molecular flexibility index (Phi) is 4.16. The second-order valence-corrected chi connectivity index (χ2v) is 5.79. The van der Waals surface area contributed by atoms with Crippen LogP contribution in [0.5, 0.6) is 0 Å². The highest BCUT2D eigenvalue weighted by molar-refractivity contribution is 7.17. The van der Waals surface area contributed by atoms with Crippen LogP contribution in [0, 0.1) is 10.1 Å². The molecule has 0 aromatic carbocycles. The zero-order valence-electron chi connectivity index (χ0n) is 10.6. The van der Waals surface area contributed by atoms with Gasteiger partial charge in [-0.3, -0.25) is 14.9 Å². The highest BCUT2D eigenvalue weighted by Crippen LogP contribution is 2.28. The fraction of sp³-hybridized carbons (Fsp3) is 0.583. The van der Waals surface area contributed by atoms with Crippen molar-refractivity contribution in [3.05, 3.63) is 27.1 Å². The summed E-state index contributed by atoms with van der Waals surface area (Å²) in [7, 11) is 1.65. The van der Waals surface area contributed by atoms with Gasteiger partial charge in [-0.15, -0.1) is 0 Å². The van der Waals surface area contributed by atoms with E-state index in [0.29, 0.717) is 11.3 Å². The smallest absolute Gasteiger partial charge is 0.324 e. The van der Waals surface area contributed by atoms with Crippen molar-refractivity contribution in [3.63, 3.8) is 0 Å². The van der Waals surface area contributed by atoms with Crippen LogP contribution >= 0.6 is 11.3 Å². The molecule has 1 amide bonds. The molecule has 0 aliphatic heterocycles. The van der Waals surface area contributed by atoms with Gasteiger partial charge in [0.1, 0.15) is 0 Å². The maximum absolute atomic E-state index is 12.2. The summed E-state index contributed by atoms with van der Waals surface area (Å²) in [5.74, 6) is -0.260. The Morgan fingerprint density at radius 2 is 2.16 bits per heavy atom. The Morgan fingerprint density at radius 3 is 2.74 bits per heavy atom. The van der Waals surface area contributed by atoms with Crippen LogP contribution in [0.2, 0.25) is 0 Å². The second-order valence-electron chi connectivity index (χ2n) is 4.73. The summed E-state index contributed by atoms with van der Waals surface area (Å²) in [5.41, 5.74) is 0. The third-order valence-corrected chi connectivity index (χ3v) is 4.52. The molecule has 1 aromatic heterocycles. The molecule has 7 heteroatoms. The quantitative estimate of drug-likeness (QED) is 0.680. The molecule has 1 aliphatic carbocycles. The van der Waals surface area contributed by atoms with Crippen LogP contribution in [0.25, 0.3) is 0 Å². The van der Waals surface area contributed by atoms with Crippen LogP contribution in [0.3, 0.4) is 0 Å². The first-order chi connectivity index (χ1) is 9.00. The summed E-state index contributed by atoms with van der Waals surface area (Å²) in [6, 6.07) is 2.61. The molecule has 1 aliphatic rings. The molecule has 104 valence electrons. The topological polar surface area (TPSA) is 83.7 Å². The minimum absolute atomic E-state index is 0.0408. The van der Waals surface area contributed by atoms with Crippen molar-refractivity contribution in [2.24, 2.45) is 0 Å². The van der Waals surface area contributed by atoms with E-state index in [1.54, 1.807) is 7.05 Å². The number of hydrogen-bond acceptors (Lipinski definition) is 5. The molecule has 1 aromatic rings. The molecule has 1 heterocycles. The Morgan fingerprint density at radius 1 is 1.47 bits per heavy atom. The number of thiophene rings is 1. The minimum Gasteiger partial charge on any atom is -0.391 e. The molecular formula is C12H16N2O4S. The molecule has 6 nitrogen and oxygen atoms in total. The van der Waals surface area contributed by atoms with E-state index in [1.807, 2.05) is 0 Å². The SMILES string of the molecule is CN(C(=O)c1ccc([N+](=O)[O-])s1)C1CCCCC1O. The van der Waals surface area contributed by atoms with Gasteiger partial charge in [0, 0.05) is 13.1 Å². The lowest BCUT2D eigenvalue weighted by atomic mass is 9.91. The zero-order valence-corrected chi connectivity index (χ0v) is 11.4. The lowest BCUT2D eigenvalue weighted by Gasteiger charge is -2.34. The molecule has 0 radical (unpaired) electrons. The van der Waals surface area contributed by atoms with Crippen LogP contribution < -0.4 is 0 Å². The largest absolute Gasteiger partial charge is 0.391 e. The highest BCUT2D eigenvalue weighted by Gasteiger charge is 2.30. The molecule has 2 atom stereocenters. The van der Waals surface area contributed by atoms with E-state index in [1.165, 1.54) is 17.0 Å². The lowest BCUT2D eigenvalue weighted by molar-refractivity contribution is -0.380. The Bertz CT molecular complexity index is 488. The van der Waals surface area contributed by atoms with E-state index in [4.69, 9.17) is 0 Å². The summed E-state index contributed by atoms with van der Waals surface area (Å²) in [6.07, 6.45) is 2.94. The number of aliphatic hydroxyl groups is 1. The maximum Gasteiger partial charge on any atom is 0.324 e. The molecule has 19 heavy (non-hydrogen) atoms. The van der Waals surface area contributed by atoms with E-state index >= 15 is 0 Å². The Balaban J connectivity index is 2.11. The van der Waals surface area contributed by atoms with Crippen LogP contribution in [0.4, 0.5) is 5.00 Å². The zero-order chi connectivity index (χ0) is 14.0. The Labute approximate surface area is 114 Å². The van der Waals surface area contributed by atoms with Gasteiger partial charge in [0.05, 0.1) is 21.9 Å². The van der Waals surface area contributed by atoms with Gasteiger partial charge >= 0.3 is 5.00 Å². The van der Waals surface area contributed by atoms with Crippen LogP contribution in [-0.4, -0.2) is 40.0 Å². The molecule has 1 N–H and O–H groups in total. The molecule has 1 fully saturated rings. The monoisotopic (exact) mass is 284 g/mol. The molecule has 0 bridgehead atoms. The van der Waals surface area contributed by atoms with Crippen molar-refractivity contribution in [2.45, 2.75) is 37.8 Å². The van der Waals surface area contributed by atoms with Crippen molar-refractivity contribution < 1.29 is 14.8 Å². The van der Waals surface area contributed by atoms with Crippen molar-refractivity contribution in [3.8, 4) is 0 Å².